The molecule has 5 nitrogen and oxygen atoms in total. The third kappa shape index (κ3) is 2.51. The maximum atomic E-state index is 11.8. The van der Waals surface area contributed by atoms with Crippen LogP contribution in [-0.2, 0) is 6.42 Å². The van der Waals surface area contributed by atoms with Gasteiger partial charge in [-0.3, -0.25) is 9.78 Å². The van der Waals surface area contributed by atoms with Crippen LogP contribution < -0.4 is 5.56 Å². The number of halogens is 1. The van der Waals surface area contributed by atoms with Crippen molar-refractivity contribution >= 4 is 11.6 Å². The van der Waals surface area contributed by atoms with E-state index in [4.69, 9.17) is 11.6 Å². The SMILES string of the molecule is CCCc1c(O)nc(-c2ccc(Cl)cn2)[nH]c1=O. The average Bonchev–Trinajstić information content (AvgIpc) is 2.34. The summed E-state index contributed by atoms with van der Waals surface area (Å²) < 4.78 is 0. The van der Waals surface area contributed by atoms with Crippen molar-refractivity contribution in [3.05, 3.63) is 39.3 Å². The first kappa shape index (κ1) is 12.6. The highest BCUT2D eigenvalue weighted by atomic mass is 35.5. The van der Waals surface area contributed by atoms with E-state index in [0.29, 0.717) is 22.7 Å². The molecule has 2 rings (SSSR count). The van der Waals surface area contributed by atoms with E-state index in [-0.39, 0.29) is 17.3 Å². The Morgan fingerprint density at radius 3 is 2.78 bits per heavy atom. The van der Waals surface area contributed by atoms with Gasteiger partial charge >= 0.3 is 0 Å². The quantitative estimate of drug-likeness (QED) is 0.891. The van der Waals surface area contributed by atoms with Gasteiger partial charge in [0.1, 0.15) is 5.69 Å². The van der Waals surface area contributed by atoms with Gasteiger partial charge in [-0.25, -0.2) is 0 Å². The molecule has 94 valence electrons. The summed E-state index contributed by atoms with van der Waals surface area (Å²) in [6.45, 7) is 1.92. The fourth-order valence-electron chi connectivity index (χ4n) is 1.60. The third-order valence-corrected chi connectivity index (χ3v) is 2.69. The predicted octanol–water partition coefficient (Wildman–Crippen LogP) is 2.14. The topological polar surface area (TPSA) is 78.9 Å². The van der Waals surface area contributed by atoms with Gasteiger partial charge in [0, 0.05) is 6.20 Å². The average molecular weight is 266 g/mol. The number of nitrogens with zero attached hydrogens (tertiary/aromatic N) is 2. The van der Waals surface area contributed by atoms with Gasteiger partial charge in [-0.15, -0.1) is 0 Å². The maximum absolute atomic E-state index is 11.8. The largest absolute Gasteiger partial charge is 0.493 e. The van der Waals surface area contributed by atoms with Crippen molar-refractivity contribution in [2.75, 3.05) is 0 Å². The molecule has 0 saturated heterocycles. The highest BCUT2D eigenvalue weighted by molar-refractivity contribution is 6.30. The Balaban J connectivity index is 2.48. The van der Waals surface area contributed by atoms with E-state index in [2.05, 4.69) is 15.0 Å². The molecule has 6 heteroatoms. The first-order valence-corrected chi connectivity index (χ1v) is 5.93. The maximum Gasteiger partial charge on any atom is 0.258 e. The summed E-state index contributed by atoms with van der Waals surface area (Å²) in [6, 6.07) is 3.26. The fraction of sp³-hybridized carbons (Fsp3) is 0.250. The van der Waals surface area contributed by atoms with Crippen LogP contribution >= 0.6 is 11.6 Å². The minimum Gasteiger partial charge on any atom is -0.493 e. The Morgan fingerprint density at radius 1 is 1.44 bits per heavy atom. The molecular weight excluding hydrogens is 254 g/mol. The lowest BCUT2D eigenvalue weighted by Gasteiger charge is -2.04. The minimum absolute atomic E-state index is 0.231. The number of H-pyrrole nitrogens is 1. The Kier molecular flexibility index (Phi) is 3.62. The normalized spacial score (nSPS) is 10.6. The van der Waals surface area contributed by atoms with Crippen LogP contribution in [0.2, 0.25) is 5.02 Å². The number of aromatic nitrogens is 3. The molecule has 0 aliphatic heterocycles. The van der Waals surface area contributed by atoms with Gasteiger partial charge in [-0.1, -0.05) is 24.9 Å². The predicted molar refractivity (Wildman–Crippen MR) is 68.8 cm³/mol. The molecular formula is C12H12ClN3O2. The summed E-state index contributed by atoms with van der Waals surface area (Å²) in [6.07, 6.45) is 2.70. The minimum atomic E-state index is -0.337. The molecule has 0 bridgehead atoms. The lowest BCUT2D eigenvalue weighted by molar-refractivity contribution is 0.443. The molecule has 0 spiro atoms. The van der Waals surface area contributed by atoms with Gasteiger partial charge < -0.3 is 10.1 Å². The molecule has 0 aliphatic carbocycles. The highest BCUT2D eigenvalue weighted by Gasteiger charge is 2.11. The summed E-state index contributed by atoms with van der Waals surface area (Å²) in [4.78, 5) is 22.4. The number of aromatic hydroxyl groups is 1. The van der Waals surface area contributed by atoms with E-state index in [9.17, 15) is 9.90 Å². The summed E-state index contributed by atoms with van der Waals surface area (Å²) in [7, 11) is 0. The van der Waals surface area contributed by atoms with Gasteiger partial charge in [0.05, 0.1) is 10.6 Å². The van der Waals surface area contributed by atoms with Crippen LogP contribution in [0.5, 0.6) is 5.88 Å². The second kappa shape index (κ2) is 5.18. The molecule has 0 unspecified atom stereocenters. The molecule has 2 aromatic heterocycles. The van der Waals surface area contributed by atoms with Crippen LogP contribution in [0, 0.1) is 0 Å². The molecule has 0 fully saturated rings. The van der Waals surface area contributed by atoms with Gasteiger partial charge in [-0.2, -0.15) is 4.98 Å². The van der Waals surface area contributed by atoms with Crippen molar-refractivity contribution in [3.63, 3.8) is 0 Å². The van der Waals surface area contributed by atoms with Crippen LogP contribution in [0.15, 0.2) is 23.1 Å². The van der Waals surface area contributed by atoms with Gasteiger partial charge in [0.2, 0.25) is 5.88 Å². The highest BCUT2D eigenvalue weighted by Crippen LogP contribution is 2.17. The number of pyridine rings is 1. The van der Waals surface area contributed by atoms with E-state index in [0.717, 1.165) is 6.42 Å². The Bertz CT molecular complexity index is 608. The second-order valence-corrected chi connectivity index (χ2v) is 4.26. The van der Waals surface area contributed by atoms with Crippen molar-refractivity contribution in [1.82, 2.24) is 15.0 Å². The smallest absolute Gasteiger partial charge is 0.258 e. The monoisotopic (exact) mass is 265 g/mol. The van der Waals surface area contributed by atoms with Crippen LogP contribution in [0.1, 0.15) is 18.9 Å². The van der Waals surface area contributed by atoms with Crippen LogP contribution in [-0.4, -0.2) is 20.1 Å². The molecule has 0 aliphatic rings. The lowest BCUT2D eigenvalue weighted by atomic mass is 10.2. The summed E-state index contributed by atoms with van der Waals surface area (Å²) >= 11 is 5.72. The van der Waals surface area contributed by atoms with Crippen molar-refractivity contribution in [1.29, 1.82) is 0 Å². The molecule has 2 heterocycles. The summed E-state index contributed by atoms with van der Waals surface area (Å²) in [5, 5.41) is 10.2. The van der Waals surface area contributed by atoms with E-state index in [1.54, 1.807) is 12.1 Å². The van der Waals surface area contributed by atoms with Gasteiger partial charge in [0.25, 0.3) is 5.56 Å². The summed E-state index contributed by atoms with van der Waals surface area (Å²) in [5.74, 6) is -0.0126. The molecule has 0 amide bonds. The number of hydrogen-bond donors (Lipinski definition) is 2. The molecule has 0 radical (unpaired) electrons. The zero-order chi connectivity index (χ0) is 13.1. The molecule has 0 atom stereocenters. The Labute approximate surface area is 109 Å². The van der Waals surface area contributed by atoms with Crippen LogP contribution in [0.25, 0.3) is 11.5 Å². The third-order valence-electron chi connectivity index (χ3n) is 2.46. The molecule has 18 heavy (non-hydrogen) atoms. The fourth-order valence-corrected chi connectivity index (χ4v) is 1.71. The second-order valence-electron chi connectivity index (χ2n) is 3.83. The van der Waals surface area contributed by atoms with Crippen molar-refractivity contribution in [2.45, 2.75) is 19.8 Å². The van der Waals surface area contributed by atoms with Crippen molar-refractivity contribution < 1.29 is 5.11 Å². The molecule has 0 aromatic carbocycles. The number of rotatable bonds is 3. The lowest BCUT2D eigenvalue weighted by Crippen LogP contribution is -2.15. The van der Waals surface area contributed by atoms with Gasteiger partial charge in [0.15, 0.2) is 5.82 Å². The number of nitrogens with one attached hydrogen (secondary N) is 1. The Hall–Kier alpha value is -1.88. The van der Waals surface area contributed by atoms with Gasteiger partial charge in [-0.05, 0) is 18.6 Å². The zero-order valence-corrected chi connectivity index (χ0v) is 10.5. The summed E-state index contributed by atoms with van der Waals surface area (Å²) in [5.41, 5.74) is 0.418. The zero-order valence-electron chi connectivity index (χ0n) is 9.77. The molecule has 0 saturated carbocycles. The van der Waals surface area contributed by atoms with Crippen LogP contribution in [0.4, 0.5) is 0 Å². The Morgan fingerprint density at radius 2 is 2.22 bits per heavy atom. The van der Waals surface area contributed by atoms with E-state index >= 15 is 0 Å². The first-order chi connectivity index (χ1) is 8.61. The number of hydrogen-bond acceptors (Lipinski definition) is 4. The molecule has 2 aromatic rings. The van der Waals surface area contributed by atoms with E-state index in [1.165, 1.54) is 6.20 Å². The standard InChI is InChI=1S/C12H12ClN3O2/c1-2-3-8-11(17)15-10(16-12(8)18)9-5-4-7(13)6-14-9/h4-6H,2-3H2,1H3,(H2,15,16,17,18). The van der Waals surface area contributed by atoms with E-state index < -0.39 is 0 Å². The molecule has 2 N–H and O–H groups in total. The van der Waals surface area contributed by atoms with Crippen LogP contribution in [0.3, 0.4) is 0 Å². The first-order valence-electron chi connectivity index (χ1n) is 5.56. The van der Waals surface area contributed by atoms with Crippen molar-refractivity contribution in [2.24, 2.45) is 0 Å². The number of aromatic amines is 1. The van der Waals surface area contributed by atoms with Crippen molar-refractivity contribution in [3.8, 4) is 17.4 Å². The van der Waals surface area contributed by atoms with E-state index in [1.807, 2.05) is 6.92 Å².